The molecule has 1 amide bonds. The normalized spacial score (nSPS) is 10.6. The predicted molar refractivity (Wildman–Crippen MR) is 72.2 cm³/mol. The van der Waals surface area contributed by atoms with Gasteiger partial charge in [0.05, 0.1) is 5.56 Å². The van der Waals surface area contributed by atoms with Gasteiger partial charge >= 0.3 is 5.97 Å². The van der Waals surface area contributed by atoms with E-state index in [1.165, 1.54) is 0 Å². The Morgan fingerprint density at radius 1 is 1.32 bits per heavy atom. The second kappa shape index (κ2) is 5.56. The first-order chi connectivity index (χ1) is 9.11. The van der Waals surface area contributed by atoms with E-state index in [2.05, 4.69) is 5.32 Å². The number of fused-ring (bicyclic) bond motifs is 1. The number of carboxylic acid groups (broad SMARTS) is 1. The summed E-state index contributed by atoms with van der Waals surface area (Å²) in [5.74, 6) is -0.914. The largest absolute Gasteiger partial charge is 0.478 e. The molecule has 1 heterocycles. The SMILES string of the molecule is CNC(=O)CCCn1ccc2ccc(C(=O)O)cc21. The van der Waals surface area contributed by atoms with Gasteiger partial charge in [-0.05, 0) is 30.0 Å². The quantitative estimate of drug-likeness (QED) is 0.862. The van der Waals surface area contributed by atoms with Gasteiger partial charge < -0.3 is 15.0 Å². The summed E-state index contributed by atoms with van der Waals surface area (Å²) in [5.41, 5.74) is 1.16. The average molecular weight is 260 g/mol. The minimum atomic E-state index is -0.931. The highest BCUT2D eigenvalue weighted by Crippen LogP contribution is 2.18. The molecule has 0 aliphatic heterocycles. The van der Waals surface area contributed by atoms with Crippen molar-refractivity contribution >= 4 is 22.8 Å². The molecule has 0 fully saturated rings. The fourth-order valence-corrected chi connectivity index (χ4v) is 2.05. The maximum absolute atomic E-state index is 11.1. The van der Waals surface area contributed by atoms with Crippen LogP contribution >= 0.6 is 0 Å². The zero-order valence-corrected chi connectivity index (χ0v) is 10.7. The standard InChI is InChI=1S/C14H16N2O3/c1-15-13(17)3-2-7-16-8-6-10-4-5-11(14(18)19)9-12(10)16/h4-6,8-9H,2-3,7H2,1H3,(H,15,17)(H,18,19). The van der Waals surface area contributed by atoms with Crippen molar-refractivity contribution < 1.29 is 14.7 Å². The molecule has 0 saturated heterocycles. The fourth-order valence-electron chi connectivity index (χ4n) is 2.05. The van der Waals surface area contributed by atoms with Gasteiger partial charge in [0, 0.05) is 31.7 Å². The molecular weight excluding hydrogens is 244 g/mol. The number of carbonyl (C=O) groups is 2. The summed E-state index contributed by atoms with van der Waals surface area (Å²) in [6.07, 6.45) is 3.11. The van der Waals surface area contributed by atoms with Crippen molar-refractivity contribution in [3.63, 3.8) is 0 Å². The molecule has 0 spiro atoms. The lowest BCUT2D eigenvalue weighted by Crippen LogP contribution is -2.17. The molecular formula is C14H16N2O3. The lowest BCUT2D eigenvalue weighted by atomic mass is 10.1. The first-order valence-corrected chi connectivity index (χ1v) is 6.14. The van der Waals surface area contributed by atoms with Crippen LogP contribution in [0.1, 0.15) is 23.2 Å². The van der Waals surface area contributed by atoms with Crippen molar-refractivity contribution in [1.82, 2.24) is 9.88 Å². The molecule has 1 aromatic heterocycles. The molecule has 5 heteroatoms. The Labute approximate surface area is 110 Å². The highest BCUT2D eigenvalue weighted by molar-refractivity contribution is 5.93. The number of hydrogen-bond donors (Lipinski definition) is 2. The number of benzene rings is 1. The predicted octanol–water partition coefficient (Wildman–Crippen LogP) is 1.87. The van der Waals surface area contributed by atoms with E-state index in [9.17, 15) is 9.59 Å². The zero-order chi connectivity index (χ0) is 13.8. The number of carboxylic acids is 1. The maximum Gasteiger partial charge on any atom is 0.335 e. The highest BCUT2D eigenvalue weighted by atomic mass is 16.4. The van der Waals surface area contributed by atoms with E-state index in [-0.39, 0.29) is 11.5 Å². The van der Waals surface area contributed by atoms with E-state index in [0.29, 0.717) is 13.0 Å². The number of rotatable bonds is 5. The van der Waals surface area contributed by atoms with Crippen LogP contribution in [0.4, 0.5) is 0 Å². The number of nitrogens with zero attached hydrogens (tertiary/aromatic N) is 1. The lowest BCUT2D eigenvalue weighted by molar-refractivity contribution is -0.120. The molecule has 19 heavy (non-hydrogen) atoms. The molecule has 2 N–H and O–H groups in total. The van der Waals surface area contributed by atoms with Crippen molar-refractivity contribution in [2.75, 3.05) is 7.05 Å². The Kier molecular flexibility index (Phi) is 3.85. The van der Waals surface area contributed by atoms with Gasteiger partial charge in [-0.3, -0.25) is 4.79 Å². The summed E-state index contributed by atoms with van der Waals surface area (Å²) in [7, 11) is 1.62. The third-order valence-electron chi connectivity index (χ3n) is 3.10. The van der Waals surface area contributed by atoms with Crippen LogP contribution in [0.15, 0.2) is 30.5 Å². The van der Waals surface area contributed by atoms with E-state index >= 15 is 0 Å². The molecule has 0 saturated carbocycles. The Hall–Kier alpha value is -2.30. The van der Waals surface area contributed by atoms with Crippen molar-refractivity contribution in [2.24, 2.45) is 0 Å². The third-order valence-corrected chi connectivity index (χ3v) is 3.10. The molecule has 100 valence electrons. The third kappa shape index (κ3) is 2.93. The highest BCUT2D eigenvalue weighted by Gasteiger charge is 2.07. The minimum absolute atomic E-state index is 0.0164. The molecule has 0 radical (unpaired) electrons. The van der Waals surface area contributed by atoms with Crippen LogP contribution in [-0.2, 0) is 11.3 Å². The van der Waals surface area contributed by atoms with Gasteiger partial charge in [0.15, 0.2) is 0 Å². The fraction of sp³-hybridized carbons (Fsp3) is 0.286. The smallest absolute Gasteiger partial charge is 0.335 e. The van der Waals surface area contributed by atoms with Crippen LogP contribution in [0.3, 0.4) is 0 Å². The Bertz CT molecular complexity index is 616. The Balaban J connectivity index is 2.16. The summed E-state index contributed by atoms with van der Waals surface area (Å²) >= 11 is 0. The summed E-state index contributed by atoms with van der Waals surface area (Å²) < 4.78 is 1.98. The van der Waals surface area contributed by atoms with Gasteiger partial charge in [0.1, 0.15) is 0 Å². The average Bonchev–Trinajstić information content (AvgIpc) is 2.81. The van der Waals surface area contributed by atoms with Gasteiger partial charge in [-0.25, -0.2) is 4.79 Å². The zero-order valence-electron chi connectivity index (χ0n) is 10.7. The van der Waals surface area contributed by atoms with Gasteiger partial charge in [-0.2, -0.15) is 0 Å². The summed E-state index contributed by atoms with van der Waals surface area (Å²) in [6.45, 7) is 0.694. The van der Waals surface area contributed by atoms with Crippen LogP contribution in [0.2, 0.25) is 0 Å². The van der Waals surface area contributed by atoms with Crippen molar-refractivity contribution in [3.05, 3.63) is 36.0 Å². The number of aryl methyl sites for hydroxylation is 1. The van der Waals surface area contributed by atoms with Crippen molar-refractivity contribution in [2.45, 2.75) is 19.4 Å². The molecule has 1 aromatic carbocycles. The molecule has 2 aromatic rings. The summed E-state index contributed by atoms with van der Waals surface area (Å²) in [4.78, 5) is 22.1. The van der Waals surface area contributed by atoms with E-state index in [4.69, 9.17) is 5.11 Å². The van der Waals surface area contributed by atoms with Crippen LogP contribution in [0.5, 0.6) is 0 Å². The number of nitrogens with one attached hydrogen (secondary N) is 1. The molecule has 5 nitrogen and oxygen atoms in total. The Morgan fingerprint density at radius 2 is 2.11 bits per heavy atom. The molecule has 0 atom stereocenters. The van der Waals surface area contributed by atoms with E-state index in [1.54, 1.807) is 25.2 Å². The minimum Gasteiger partial charge on any atom is -0.478 e. The van der Waals surface area contributed by atoms with E-state index in [0.717, 1.165) is 17.3 Å². The summed E-state index contributed by atoms with van der Waals surface area (Å²) in [6, 6.07) is 7.01. The second-order valence-electron chi connectivity index (χ2n) is 4.36. The molecule has 0 aliphatic carbocycles. The number of aromatic carboxylic acids is 1. The number of carbonyl (C=O) groups excluding carboxylic acids is 1. The number of amides is 1. The monoisotopic (exact) mass is 260 g/mol. The molecule has 2 rings (SSSR count). The molecule has 0 bridgehead atoms. The lowest BCUT2D eigenvalue weighted by Gasteiger charge is -2.05. The van der Waals surface area contributed by atoms with Crippen LogP contribution in [-0.4, -0.2) is 28.6 Å². The number of hydrogen-bond acceptors (Lipinski definition) is 2. The van der Waals surface area contributed by atoms with E-state index in [1.807, 2.05) is 16.8 Å². The Morgan fingerprint density at radius 3 is 2.79 bits per heavy atom. The topological polar surface area (TPSA) is 71.3 Å². The van der Waals surface area contributed by atoms with Gasteiger partial charge in [-0.15, -0.1) is 0 Å². The van der Waals surface area contributed by atoms with Gasteiger partial charge in [0.2, 0.25) is 5.91 Å². The van der Waals surface area contributed by atoms with Crippen molar-refractivity contribution in [1.29, 1.82) is 0 Å². The van der Waals surface area contributed by atoms with Crippen LogP contribution in [0.25, 0.3) is 10.9 Å². The van der Waals surface area contributed by atoms with Crippen molar-refractivity contribution in [3.8, 4) is 0 Å². The molecule has 0 unspecified atom stereocenters. The molecule has 0 aliphatic rings. The van der Waals surface area contributed by atoms with Gasteiger partial charge in [-0.1, -0.05) is 6.07 Å². The first-order valence-electron chi connectivity index (χ1n) is 6.14. The van der Waals surface area contributed by atoms with E-state index < -0.39 is 5.97 Å². The van der Waals surface area contributed by atoms with Crippen LogP contribution < -0.4 is 5.32 Å². The maximum atomic E-state index is 11.1. The summed E-state index contributed by atoms with van der Waals surface area (Å²) in [5, 5.41) is 12.6. The number of aromatic nitrogens is 1. The van der Waals surface area contributed by atoms with Crippen LogP contribution in [0, 0.1) is 0 Å². The first kappa shape index (κ1) is 13.1. The van der Waals surface area contributed by atoms with Gasteiger partial charge in [0.25, 0.3) is 0 Å². The second-order valence-corrected chi connectivity index (χ2v) is 4.36.